The van der Waals surface area contributed by atoms with Gasteiger partial charge in [0.15, 0.2) is 0 Å². The first-order chi connectivity index (χ1) is 7.08. The third-order valence-electron chi connectivity index (χ3n) is 2.45. The molecule has 15 heavy (non-hydrogen) atoms. The zero-order valence-electron chi connectivity index (χ0n) is 7.76. The van der Waals surface area contributed by atoms with Crippen molar-refractivity contribution in [2.24, 2.45) is 0 Å². The van der Waals surface area contributed by atoms with Crippen molar-refractivity contribution >= 4 is 27.5 Å². The molecule has 1 aliphatic carbocycles. The smallest absolute Gasteiger partial charge is 0.328 e. The van der Waals surface area contributed by atoms with Crippen LogP contribution in [0.15, 0.2) is 22.7 Å². The number of benzene rings is 1. The van der Waals surface area contributed by atoms with E-state index in [1.54, 1.807) is 0 Å². The zero-order valence-corrected chi connectivity index (χ0v) is 9.34. The van der Waals surface area contributed by atoms with Crippen molar-refractivity contribution in [2.75, 3.05) is 0 Å². The van der Waals surface area contributed by atoms with Crippen molar-refractivity contribution in [2.45, 2.75) is 12.8 Å². The lowest BCUT2D eigenvalue weighted by molar-refractivity contribution is -0.131. The number of carboxylic acids is 1. The molecule has 0 saturated carbocycles. The van der Waals surface area contributed by atoms with E-state index in [9.17, 15) is 9.18 Å². The summed E-state index contributed by atoms with van der Waals surface area (Å²) in [5.74, 6) is -1.34. The van der Waals surface area contributed by atoms with E-state index in [1.165, 1.54) is 12.1 Å². The quantitative estimate of drug-likeness (QED) is 0.797. The molecule has 1 aliphatic rings. The molecular weight excluding hydrogens is 263 g/mol. The van der Waals surface area contributed by atoms with E-state index >= 15 is 0 Å². The molecule has 0 atom stereocenters. The topological polar surface area (TPSA) is 37.3 Å². The SMILES string of the molecule is O=C(O)/C=C1\CCc2c(Br)cc(F)cc21. The van der Waals surface area contributed by atoms with Crippen LogP contribution in [0.5, 0.6) is 0 Å². The summed E-state index contributed by atoms with van der Waals surface area (Å²) in [5, 5.41) is 8.66. The molecule has 1 aromatic carbocycles. The van der Waals surface area contributed by atoms with Crippen LogP contribution in [0.4, 0.5) is 4.39 Å². The fraction of sp³-hybridized carbons (Fsp3) is 0.182. The maximum atomic E-state index is 13.1. The number of aliphatic carboxylic acids is 1. The molecule has 0 aromatic heterocycles. The van der Waals surface area contributed by atoms with Crippen molar-refractivity contribution in [1.82, 2.24) is 0 Å². The summed E-state index contributed by atoms with van der Waals surface area (Å²) < 4.78 is 13.8. The van der Waals surface area contributed by atoms with Crippen LogP contribution in [0.1, 0.15) is 17.5 Å². The molecule has 4 heteroatoms. The van der Waals surface area contributed by atoms with Gasteiger partial charge in [0.25, 0.3) is 0 Å². The summed E-state index contributed by atoms with van der Waals surface area (Å²) in [5.41, 5.74) is 2.39. The Morgan fingerprint density at radius 2 is 2.20 bits per heavy atom. The number of carbonyl (C=O) groups is 1. The Balaban J connectivity index is 2.55. The molecule has 1 aromatic rings. The molecule has 78 valence electrons. The summed E-state index contributed by atoms with van der Waals surface area (Å²) in [6.45, 7) is 0. The lowest BCUT2D eigenvalue weighted by atomic mass is 10.1. The Bertz CT molecular complexity index is 466. The van der Waals surface area contributed by atoms with E-state index in [2.05, 4.69) is 15.9 Å². The van der Waals surface area contributed by atoms with Crippen LogP contribution < -0.4 is 0 Å². The molecule has 0 radical (unpaired) electrons. The maximum absolute atomic E-state index is 13.1. The number of hydrogen-bond donors (Lipinski definition) is 1. The fourth-order valence-corrected chi connectivity index (χ4v) is 2.47. The van der Waals surface area contributed by atoms with Crippen LogP contribution >= 0.6 is 15.9 Å². The lowest BCUT2D eigenvalue weighted by Gasteiger charge is -2.03. The molecular formula is C11H8BrFO2. The van der Waals surface area contributed by atoms with Gasteiger partial charge in [0.05, 0.1) is 0 Å². The average Bonchev–Trinajstić information content (AvgIpc) is 2.48. The summed E-state index contributed by atoms with van der Waals surface area (Å²) in [7, 11) is 0. The van der Waals surface area contributed by atoms with E-state index in [0.717, 1.165) is 18.1 Å². The molecule has 2 rings (SSSR count). The second kappa shape index (κ2) is 3.77. The minimum atomic E-state index is -0.988. The van der Waals surface area contributed by atoms with Gasteiger partial charge in [-0.25, -0.2) is 9.18 Å². The first-order valence-corrected chi connectivity index (χ1v) is 5.29. The van der Waals surface area contributed by atoms with Gasteiger partial charge >= 0.3 is 5.97 Å². The Kier molecular flexibility index (Phi) is 2.61. The van der Waals surface area contributed by atoms with Gasteiger partial charge < -0.3 is 5.11 Å². The number of hydrogen-bond acceptors (Lipinski definition) is 1. The summed E-state index contributed by atoms with van der Waals surface area (Å²) in [4.78, 5) is 10.6. The van der Waals surface area contributed by atoms with Gasteiger partial charge in [-0.05, 0) is 41.7 Å². The van der Waals surface area contributed by atoms with E-state index in [-0.39, 0.29) is 5.82 Å². The molecule has 2 nitrogen and oxygen atoms in total. The van der Waals surface area contributed by atoms with Crippen LogP contribution in [-0.2, 0) is 11.2 Å². The van der Waals surface area contributed by atoms with Crippen LogP contribution in [0, 0.1) is 5.82 Å². The Hall–Kier alpha value is -1.16. The normalized spacial score (nSPS) is 16.8. The van der Waals surface area contributed by atoms with Crippen molar-refractivity contribution in [3.8, 4) is 0 Å². The molecule has 0 fully saturated rings. The van der Waals surface area contributed by atoms with Crippen molar-refractivity contribution in [3.63, 3.8) is 0 Å². The summed E-state index contributed by atoms with van der Waals surface area (Å²) >= 11 is 3.28. The van der Waals surface area contributed by atoms with Crippen LogP contribution in [0.3, 0.4) is 0 Å². The number of rotatable bonds is 1. The van der Waals surface area contributed by atoms with Gasteiger partial charge in [-0.2, -0.15) is 0 Å². The van der Waals surface area contributed by atoms with Crippen LogP contribution in [0.25, 0.3) is 5.57 Å². The van der Waals surface area contributed by atoms with Gasteiger partial charge in [0, 0.05) is 10.5 Å². The number of fused-ring (bicyclic) bond motifs is 1. The molecule has 1 N–H and O–H groups in total. The average molecular weight is 271 g/mol. The van der Waals surface area contributed by atoms with Gasteiger partial charge in [-0.1, -0.05) is 15.9 Å². The molecule has 0 aliphatic heterocycles. The molecule has 0 unspecified atom stereocenters. The van der Waals surface area contributed by atoms with Gasteiger partial charge in [-0.15, -0.1) is 0 Å². The van der Waals surface area contributed by atoms with Crippen LogP contribution in [0.2, 0.25) is 0 Å². The second-order valence-corrected chi connectivity index (χ2v) is 4.28. The first-order valence-electron chi connectivity index (χ1n) is 4.49. The highest BCUT2D eigenvalue weighted by Crippen LogP contribution is 2.37. The predicted molar refractivity (Wildman–Crippen MR) is 58.0 cm³/mol. The zero-order chi connectivity index (χ0) is 11.0. The van der Waals surface area contributed by atoms with Gasteiger partial charge in [0.1, 0.15) is 5.82 Å². The Morgan fingerprint density at radius 3 is 2.87 bits per heavy atom. The fourth-order valence-electron chi connectivity index (χ4n) is 1.84. The number of halogens is 2. The number of allylic oxidation sites excluding steroid dienone is 1. The lowest BCUT2D eigenvalue weighted by Crippen LogP contribution is -1.91. The minimum Gasteiger partial charge on any atom is -0.478 e. The first kappa shape index (κ1) is 10.4. The Labute approximate surface area is 94.5 Å². The highest BCUT2D eigenvalue weighted by atomic mass is 79.9. The van der Waals surface area contributed by atoms with E-state index < -0.39 is 5.97 Å². The molecule has 0 saturated heterocycles. The van der Waals surface area contributed by atoms with Crippen molar-refractivity contribution < 1.29 is 14.3 Å². The van der Waals surface area contributed by atoms with Crippen molar-refractivity contribution in [3.05, 3.63) is 39.6 Å². The molecule has 0 amide bonds. The third-order valence-corrected chi connectivity index (χ3v) is 3.16. The van der Waals surface area contributed by atoms with Crippen LogP contribution in [-0.4, -0.2) is 11.1 Å². The minimum absolute atomic E-state index is 0.348. The molecule has 0 spiro atoms. The summed E-state index contributed by atoms with van der Waals surface area (Å²) in [6.07, 6.45) is 2.57. The molecule has 0 bridgehead atoms. The summed E-state index contributed by atoms with van der Waals surface area (Å²) in [6, 6.07) is 2.80. The second-order valence-electron chi connectivity index (χ2n) is 3.42. The standard InChI is InChI=1S/C11H8BrFO2/c12-10-5-7(13)4-9-6(3-11(14)15)1-2-8(9)10/h3-5H,1-2H2,(H,14,15)/b6-3+. The third kappa shape index (κ3) is 1.95. The van der Waals surface area contributed by atoms with E-state index in [4.69, 9.17) is 5.11 Å². The van der Waals surface area contributed by atoms with Crippen molar-refractivity contribution in [1.29, 1.82) is 0 Å². The maximum Gasteiger partial charge on any atom is 0.328 e. The largest absolute Gasteiger partial charge is 0.478 e. The van der Waals surface area contributed by atoms with Gasteiger partial charge in [-0.3, -0.25) is 0 Å². The number of carboxylic acid groups (broad SMARTS) is 1. The predicted octanol–water partition coefficient (Wildman–Crippen LogP) is 3.00. The van der Waals surface area contributed by atoms with E-state index in [0.29, 0.717) is 22.0 Å². The highest BCUT2D eigenvalue weighted by Gasteiger charge is 2.20. The highest BCUT2D eigenvalue weighted by molar-refractivity contribution is 9.10. The monoisotopic (exact) mass is 270 g/mol. The van der Waals surface area contributed by atoms with Gasteiger partial charge in [0.2, 0.25) is 0 Å². The molecule has 0 heterocycles. The van der Waals surface area contributed by atoms with E-state index in [1.807, 2.05) is 0 Å². The Morgan fingerprint density at radius 1 is 1.47 bits per heavy atom.